The van der Waals surface area contributed by atoms with E-state index in [0.29, 0.717) is 39.3 Å². The first-order valence-electron chi connectivity index (χ1n) is 15.3. The number of pyridine rings is 1. The van der Waals surface area contributed by atoms with Gasteiger partial charge in [-0.3, -0.25) is 9.72 Å². The van der Waals surface area contributed by atoms with Crippen molar-refractivity contribution < 1.29 is 19.7 Å². The number of aromatic nitrogens is 5. The Morgan fingerprint density at radius 1 is 1.02 bits per heavy atom. The van der Waals surface area contributed by atoms with Crippen LogP contribution in [0.1, 0.15) is 25.1 Å². The predicted molar refractivity (Wildman–Crippen MR) is 194 cm³/mol. The lowest BCUT2D eigenvalue weighted by molar-refractivity contribution is 0.201. The number of fused-ring (bicyclic) bond motifs is 1. The van der Waals surface area contributed by atoms with Crippen LogP contribution in [0.15, 0.2) is 101 Å². The highest BCUT2D eigenvalue weighted by Gasteiger charge is 2.25. The van der Waals surface area contributed by atoms with Crippen molar-refractivity contribution in [1.82, 2.24) is 29.7 Å². The number of phenolic OH excluding ortho intramolecular Hbond substituents is 1. The molecule has 14 heteroatoms. The largest absolute Gasteiger partial charge is 0.508 e. The summed E-state index contributed by atoms with van der Waals surface area (Å²) in [6.07, 6.45) is 3.94. The molecule has 252 valence electrons. The molecule has 0 atom stereocenters. The Morgan fingerprint density at radius 3 is 2.67 bits per heavy atom. The van der Waals surface area contributed by atoms with E-state index in [1.165, 1.54) is 6.07 Å². The number of thioether (sulfide) groups is 1. The van der Waals surface area contributed by atoms with Gasteiger partial charge in [0.1, 0.15) is 23.9 Å². The number of carbonyl (C=O) groups is 1. The molecule has 0 aliphatic rings. The number of nitrogens with zero attached hydrogens (tertiary/aromatic N) is 5. The van der Waals surface area contributed by atoms with Crippen molar-refractivity contribution in [3.05, 3.63) is 107 Å². The first-order valence-corrected chi connectivity index (χ1v) is 17.7. The van der Waals surface area contributed by atoms with Gasteiger partial charge in [-0.05, 0) is 74.2 Å². The maximum atomic E-state index is 13.3. The maximum Gasteiger partial charge on any atom is 0.320 e. The first kappa shape index (κ1) is 34.2. The number of urea groups is 1. The molecule has 3 aromatic heterocycles. The molecule has 2 amide bonds. The number of ether oxygens (including phenoxy) is 1. The van der Waals surface area contributed by atoms with Crippen molar-refractivity contribution in [3.63, 3.8) is 0 Å². The second kappa shape index (κ2) is 14.8. The normalized spacial score (nSPS) is 11.5. The third-order valence-electron chi connectivity index (χ3n) is 7.71. The average Bonchev–Trinajstić information content (AvgIpc) is 3.73. The maximum absolute atomic E-state index is 13.3. The van der Waals surface area contributed by atoms with E-state index in [1.54, 1.807) is 46.4 Å². The molecule has 6 aromatic rings. The number of amides is 2. The fourth-order valence-corrected chi connectivity index (χ4v) is 6.42. The number of aliphatic hydroxyl groups excluding tert-OH is 1. The third kappa shape index (κ3) is 7.81. The molecule has 4 N–H and O–H groups in total. The fourth-order valence-electron chi connectivity index (χ4n) is 4.95. The summed E-state index contributed by atoms with van der Waals surface area (Å²) in [5.74, 6) is 1.68. The van der Waals surface area contributed by atoms with E-state index in [1.807, 2.05) is 77.5 Å². The average molecular weight is 716 g/mol. The number of anilines is 1. The van der Waals surface area contributed by atoms with Gasteiger partial charge in [0.05, 0.1) is 27.8 Å². The lowest BCUT2D eigenvalue weighted by Gasteiger charge is -2.18. The van der Waals surface area contributed by atoms with E-state index in [4.69, 9.17) is 21.4 Å². The Labute approximate surface area is 296 Å². The van der Waals surface area contributed by atoms with Gasteiger partial charge in [0, 0.05) is 40.2 Å². The van der Waals surface area contributed by atoms with E-state index < -0.39 is 0 Å². The van der Waals surface area contributed by atoms with Gasteiger partial charge in [0.25, 0.3) is 0 Å². The predicted octanol–water partition coefficient (Wildman–Crippen LogP) is 7.38. The summed E-state index contributed by atoms with van der Waals surface area (Å²) >= 11 is 9.62. The molecule has 0 saturated carbocycles. The smallest absolute Gasteiger partial charge is 0.320 e. The highest BCUT2D eigenvalue weighted by molar-refractivity contribution is 7.99. The van der Waals surface area contributed by atoms with E-state index >= 15 is 0 Å². The molecular weight excluding hydrogens is 682 g/mol. The zero-order chi connectivity index (χ0) is 34.5. The van der Waals surface area contributed by atoms with E-state index in [-0.39, 0.29) is 36.3 Å². The van der Waals surface area contributed by atoms with Crippen LogP contribution in [0.25, 0.3) is 22.7 Å². The van der Waals surface area contributed by atoms with Crippen molar-refractivity contribution in [2.45, 2.75) is 34.9 Å². The van der Waals surface area contributed by atoms with Crippen molar-refractivity contribution >= 4 is 52.6 Å². The van der Waals surface area contributed by atoms with Crippen LogP contribution in [0, 0.1) is 0 Å². The monoisotopic (exact) mass is 715 g/mol. The van der Waals surface area contributed by atoms with Crippen molar-refractivity contribution in [3.8, 4) is 28.6 Å². The Kier molecular flexibility index (Phi) is 10.3. The van der Waals surface area contributed by atoms with E-state index in [0.717, 1.165) is 21.0 Å². The molecule has 0 bridgehead atoms. The molecule has 0 aliphatic carbocycles. The number of hydrogen-bond acceptors (Lipinski definition) is 9. The summed E-state index contributed by atoms with van der Waals surface area (Å²) in [6.45, 7) is 4.50. The van der Waals surface area contributed by atoms with Gasteiger partial charge >= 0.3 is 6.03 Å². The van der Waals surface area contributed by atoms with Crippen molar-refractivity contribution in [2.24, 2.45) is 0 Å². The Hall–Kier alpha value is -4.69. The first-order chi connectivity index (χ1) is 23.6. The minimum atomic E-state index is -0.388. The summed E-state index contributed by atoms with van der Waals surface area (Å²) in [6, 6.07) is 25.2. The highest BCUT2D eigenvalue weighted by atomic mass is 35.5. The molecule has 11 nitrogen and oxygen atoms in total. The molecule has 6 rings (SSSR count). The molecule has 0 radical (unpaired) electrons. The van der Waals surface area contributed by atoms with Crippen LogP contribution < -0.4 is 15.4 Å². The number of aromatic hydroxyl groups is 1. The zero-order valence-corrected chi connectivity index (χ0v) is 29.3. The number of carbonyl (C=O) groups excluding carboxylic acids is 1. The Bertz CT molecular complexity index is 2120. The molecule has 0 fully saturated rings. The third-order valence-corrected chi connectivity index (χ3v) is 10.4. The number of rotatable bonds is 12. The van der Waals surface area contributed by atoms with Crippen LogP contribution in [-0.4, -0.2) is 60.1 Å². The van der Waals surface area contributed by atoms with Gasteiger partial charge in [0.2, 0.25) is 0 Å². The lowest BCUT2D eigenvalue weighted by atomic mass is 10.1. The lowest BCUT2D eigenvalue weighted by Crippen LogP contribution is -2.29. The molecule has 0 aliphatic heterocycles. The van der Waals surface area contributed by atoms with Crippen LogP contribution in [0.4, 0.5) is 10.6 Å². The van der Waals surface area contributed by atoms with Crippen molar-refractivity contribution in [2.75, 3.05) is 24.8 Å². The zero-order valence-electron chi connectivity index (χ0n) is 26.9. The standard InChI is InChI=1S/C35H34ClN7O4S2/c1-35(2,48-3)30-19-32(43(41-30)23-8-6-9-25(17-23)47-16-15-44)38-34(46)37-20-22-7-4-5-10-29(22)49-26-12-14-31-39-40-33(42(31)21-26)27-18-24(45)11-13-28(27)36/h4-14,17-19,21,44-45H,15-16,20H2,1-3H3,(H2,37,38,46). The van der Waals surface area contributed by atoms with E-state index in [2.05, 4.69) is 34.7 Å². The second-order valence-corrected chi connectivity index (χ2v) is 14.4. The van der Waals surface area contributed by atoms with E-state index in [9.17, 15) is 15.0 Å². The quantitative estimate of drug-likeness (QED) is 0.102. The van der Waals surface area contributed by atoms with Gasteiger partial charge < -0.3 is 20.3 Å². The number of halogens is 1. The van der Waals surface area contributed by atoms with Crippen LogP contribution >= 0.6 is 35.1 Å². The topological polar surface area (TPSA) is 139 Å². The molecule has 3 aromatic carbocycles. The summed E-state index contributed by atoms with van der Waals surface area (Å²) in [5, 5.41) is 39.1. The Balaban J connectivity index is 1.20. The molecule has 3 heterocycles. The van der Waals surface area contributed by atoms with Crippen LogP contribution in [0.5, 0.6) is 11.5 Å². The summed E-state index contributed by atoms with van der Waals surface area (Å²) in [4.78, 5) is 15.2. The SMILES string of the molecule is CSC(C)(C)c1cc(NC(=O)NCc2ccccc2Sc2ccc3nnc(-c4cc(O)ccc4Cl)n3c2)n(-c2cccc(OCCO)c2)n1. The fraction of sp³-hybridized carbons (Fsp3) is 0.200. The molecule has 0 unspecified atom stereocenters. The summed E-state index contributed by atoms with van der Waals surface area (Å²) < 4.78 is 8.82. The minimum absolute atomic E-state index is 0.0823. The van der Waals surface area contributed by atoms with Gasteiger partial charge in [0.15, 0.2) is 11.5 Å². The van der Waals surface area contributed by atoms with Crippen molar-refractivity contribution in [1.29, 1.82) is 0 Å². The van der Waals surface area contributed by atoms with Gasteiger partial charge in [-0.1, -0.05) is 47.6 Å². The Morgan fingerprint density at radius 2 is 1.86 bits per heavy atom. The second-order valence-electron chi connectivity index (χ2n) is 11.4. The van der Waals surface area contributed by atoms with Gasteiger partial charge in [-0.2, -0.15) is 16.9 Å². The molecule has 0 saturated heterocycles. The van der Waals surface area contributed by atoms with Crippen LogP contribution in [0.2, 0.25) is 5.02 Å². The minimum Gasteiger partial charge on any atom is -0.508 e. The molecule has 49 heavy (non-hydrogen) atoms. The van der Waals surface area contributed by atoms with Crippen LogP contribution in [0.3, 0.4) is 0 Å². The number of phenols is 1. The number of nitrogens with one attached hydrogen (secondary N) is 2. The summed E-state index contributed by atoms with van der Waals surface area (Å²) in [5.41, 5.74) is 3.64. The van der Waals surface area contributed by atoms with Gasteiger partial charge in [-0.25, -0.2) is 9.48 Å². The number of benzene rings is 3. The number of aliphatic hydroxyl groups is 1. The number of hydrogen-bond donors (Lipinski definition) is 4. The molecular formula is C35H34ClN7O4S2. The summed E-state index contributed by atoms with van der Waals surface area (Å²) in [7, 11) is 0. The molecule has 0 spiro atoms. The van der Waals surface area contributed by atoms with Crippen LogP contribution in [-0.2, 0) is 11.3 Å². The van der Waals surface area contributed by atoms with Gasteiger partial charge in [-0.15, -0.1) is 10.2 Å². The highest BCUT2D eigenvalue weighted by Crippen LogP contribution is 2.36.